The first kappa shape index (κ1) is 13.6. The number of hydrogen-bond acceptors (Lipinski definition) is 3. The van der Waals surface area contributed by atoms with Gasteiger partial charge in [0.15, 0.2) is 0 Å². The van der Waals surface area contributed by atoms with E-state index in [9.17, 15) is 9.59 Å². The molecule has 2 atom stereocenters. The summed E-state index contributed by atoms with van der Waals surface area (Å²) in [5.41, 5.74) is 0.802. The minimum absolute atomic E-state index is 0.0637. The van der Waals surface area contributed by atoms with Crippen LogP contribution in [0.25, 0.3) is 0 Å². The number of rotatable bonds is 3. The van der Waals surface area contributed by atoms with Gasteiger partial charge in [-0.3, -0.25) is 14.3 Å². The van der Waals surface area contributed by atoms with Gasteiger partial charge in [-0.25, -0.2) is 0 Å². The lowest BCUT2D eigenvalue weighted by atomic mass is 10.1. The van der Waals surface area contributed by atoms with Crippen LogP contribution in [0.3, 0.4) is 0 Å². The van der Waals surface area contributed by atoms with E-state index in [0.717, 1.165) is 5.69 Å². The Morgan fingerprint density at radius 1 is 1.37 bits per heavy atom. The maximum atomic E-state index is 12.1. The molecule has 1 fully saturated rings. The molecule has 2 unspecified atom stereocenters. The van der Waals surface area contributed by atoms with Crippen molar-refractivity contribution >= 4 is 11.8 Å². The molecule has 2 rings (SSSR count). The van der Waals surface area contributed by atoms with E-state index in [2.05, 4.69) is 10.4 Å². The van der Waals surface area contributed by atoms with E-state index in [1.54, 1.807) is 18.7 Å². The lowest BCUT2D eigenvalue weighted by molar-refractivity contribution is -0.148. The van der Waals surface area contributed by atoms with Crippen molar-refractivity contribution in [2.45, 2.75) is 52.4 Å². The Morgan fingerprint density at radius 2 is 2.05 bits per heavy atom. The summed E-state index contributed by atoms with van der Waals surface area (Å²) in [6.07, 6.45) is 1.89. The SMILES string of the molecule is CC1NC(=O)C(C)N(Cc2ccn(C(C)C)n2)C1=O. The average Bonchev–Trinajstić information content (AvgIpc) is 2.81. The second-order valence-corrected chi connectivity index (χ2v) is 5.25. The molecule has 2 amide bonds. The Labute approximate surface area is 112 Å². The van der Waals surface area contributed by atoms with Crippen LogP contribution in [-0.2, 0) is 16.1 Å². The van der Waals surface area contributed by atoms with Crippen LogP contribution < -0.4 is 5.32 Å². The van der Waals surface area contributed by atoms with Crippen molar-refractivity contribution in [1.82, 2.24) is 20.0 Å². The first-order valence-electron chi connectivity index (χ1n) is 6.55. The van der Waals surface area contributed by atoms with Crippen LogP contribution in [0.1, 0.15) is 39.4 Å². The third-order valence-electron chi connectivity index (χ3n) is 3.38. The highest BCUT2D eigenvalue weighted by Gasteiger charge is 2.35. The maximum absolute atomic E-state index is 12.1. The summed E-state index contributed by atoms with van der Waals surface area (Å²) >= 11 is 0. The second-order valence-electron chi connectivity index (χ2n) is 5.25. The van der Waals surface area contributed by atoms with E-state index in [0.29, 0.717) is 6.54 Å². The molecule has 1 aromatic rings. The highest BCUT2D eigenvalue weighted by molar-refractivity contribution is 5.96. The van der Waals surface area contributed by atoms with Crippen molar-refractivity contribution in [3.63, 3.8) is 0 Å². The van der Waals surface area contributed by atoms with Gasteiger partial charge in [0.2, 0.25) is 11.8 Å². The van der Waals surface area contributed by atoms with E-state index in [1.807, 2.05) is 30.8 Å². The quantitative estimate of drug-likeness (QED) is 0.874. The number of carbonyl (C=O) groups excluding carboxylic acids is 2. The summed E-state index contributed by atoms with van der Waals surface area (Å²) in [6, 6.07) is 1.26. The molecule has 2 heterocycles. The summed E-state index contributed by atoms with van der Waals surface area (Å²) < 4.78 is 1.85. The van der Waals surface area contributed by atoms with E-state index in [1.165, 1.54) is 0 Å². The monoisotopic (exact) mass is 264 g/mol. The van der Waals surface area contributed by atoms with Gasteiger partial charge in [0.05, 0.1) is 12.2 Å². The van der Waals surface area contributed by atoms with Crippen molar-refractivity contribution in [2.24, 2.45) is 0 Å². The van der Waals surface area contributed by atoms with Crippen LogP contribution in [0.15, 0.2) is 12.3 Å². The predicted octanol–water partition coefficient (Wildman–Crippen LogP) is 0.699. The number of aromatic nitrogens is 2. The Hall–Kier alpha value is -1.85. The number of nitrogens with zero attached hydrogens (tertiary/aromatic N) is 3. The summed E-state index contributed by atoms with van der Waals surface area (Å²) in [5.74, 6) is -0.179. The van der Waals surface area contributed by atoms with E-state index in [-0.39, 0.29) is 17.9 Å². The molecule has 0 aliphatic carbocycles. The van der Waals surface area contributed by atoms with Gasteiger partial charge in [0, 0.05) is 12.2 Å². The molecule has 0 bridgehead atoms. The molecular formula is C13H20N4O2. The average molecular weight is 264 g/mol. The normalized spacial score (nSPS) is 23.9. The van der Waals surface area contributed by atoms with E-state index >= 15 is 0 Å². The number of hydrogen-bond donors (Lipinski definition) is 1. The van der Waals surface area contributed by atoms with Crippen molar-refractivity contribution in [3.8, 4) is 0 Å². The highest BCUT2D eigenvalue weighted by atomic mass is 16.2. The summed E-state index contributed by atoms with van der Waals surface area (Å²) in [4.78, 5) is 25.4. The van der Waals surface area contributed by atoms with Gasteiger partial charge in [-0.1, -0.05) is 0 Å². The molecule has 0 spiro atoms. The molecule has 104 valence electrons. The predicted molar refractivity (Wildman–Crippen MR) is 70.2 cm³/mol. The second kappa shape index (κ2) is 5.03. The Balaban J connectivity index is 2.15. The summed E-state index contributed by atoms with van der Waals surface area (Å²) in [7, 11) is 0. The Kier molecular flexibility index (Phi) is 3.59. The fourth-order valence-corrected chi connectivity index (χ4v) is 2.12. The van der Waals surface area contributed by atoms with Gasteiger partial charge in [-0.05, 0) is 33.8 Å². The first-order valence-corrected chi connectivity index (χ1v) is 6.55. The molecular weight excluding hydrogens is 244 g/mol. The third kappa shape index (κ3) is 2.62. The van der Waals surface area contributed by atoms with Crippen LogP contribution >= 0.6 is 0 Å². The molecule has 0 radical (unpaired) electrons. The number of nitrogens with one attached hydrogen (secondary N) is 1. The molecule has 1 aromatic heterocycles. The van der Waals surface area contributed by atoms with Crippen molar-refractivity contribution < 1.29 is 9.59 Å². The first-order chi connectivity index (χ1) is 8.90. The van der Waals surface area contributed by atoms with Gasteiger partial charge < -0.3 is 10.2 Å². The van der Waals surface area contributed by atoms with Crippen molar-refractivity contribution in [3.05, 3.63) is 18.0 Å². The van der Waals surface area contributed by atoms with Crippen molar-refractivity contribution in [1.29, 1.82) is 0 Å². The Bertz CT molecular complexity index is 495. The minimum atomic E-state index is -0.462. The number of piperazine rings is 1. The maximum Gasteiger partial charge on any atom is 0.245 e. The zero-order valence-corrected chi connectivity index (χ0v) is 11.8. The van der Waals surface area contributed by atoms with E-state index in [4.69, 9.17) is 0 Å². The molecule has 19 heavy (non-hydrogen) atoms. The van der Waals surface area contributed by atoms with Gasteiger partial charge in [0.25, 0.3) is 0 Å². The highest BCUT2D eigenvalue weighted by Crippen LogP contribution is 2.14. The largest absolute Gasteiger partial charge is 0.343 e. The Morgan fingerprint density at radius 3 is 2.63 bits per heavy atom. The van der Waals surface area contributed by atoms with Crippen LogP contribution in [0, 0.1) is 0 Å². The van der Waals surface area contributed by atoms with Crippen LogP contribution in [0.4, 0.5) is 0 Å². The zero-order chi connectivity index (χ0) is 14.2. The fourth-order valence-electron chi connectivity index (χ4n) is 2.12. The lowest BCUT2D eigenvalue weighted by Gasteiger charge is -2.35. The topological polar surface area (TPSA) is 67.2 Å². The van der Waals surface area contributed by atoms with Gasteiger partial charge in [-0.15, -0.1) is 0 Å². The molecule has 0 saturated carbocycles. The minimum Gasteiger partial charge on any atom is -0.343 e. The van der Waals surface area contributed by atoms with Crippen LogP contribution in [-0.4, -0.2) is 38.6 Å². The van der Waals surface area contributed by atoms with Gasteiger partial charge in [0.1, 0.15) is 12.1 Å². The van der Waals surface area contributed by atoms with Gasteiger partial charge >= 0.3 is 0 Å². The lowest BCUT2D eigenvalue weighted by Crippen LogP contribution is -2.60. The molecule has 1 saturated heterocycles. The fraction of sp³-hybridized carbons (Fsp3) is 0.615. The van der Waals surface area contributed by atoms with Gasteiger partial charge in [-0.2, -0.15) is 5.10 Å². The number of amides is 2. The van der Waals surface area contributed by atoms with E-state index < -0.39 is 12.1 Å². The smallest absolute Gasteiger partial charge is 0.245 e. The molecule has 1 aliphatic rings. The number of carbonyl (C=O) groups is 2. The summed E-state index contributed by atoms with van der Waals surface area (Å²) in [5, 5.41) is 7.08. The van der Waals surface area contributed by atoms with Crippen LogP contribution in [0.2, 0.25) is 0 Å². The molecule has 1 N–H and O–H groups in total. The van der Waals surface area contributed by atoms with Crippen molar-refractivity contribution in [2.75, 3.05) is 0 Å². The molecule has 6 nitrogen and oxygen atoms in total. The molecule has 0 aromatic carbocycles. The summed E-state index contributed by atoms with van der Waals surface area (Å²) in [6.45, 7) is 7.89. The standard InChI is InChI=1S/C13H20N4O2/c1-8(2)17-6-5-11(15-17)7-16-10(4)12(18)14-9(3)13(16)19/h5-6,8-10H,7H2,1-4H3,(H,14,18). The molecule has 1 aliphatic heterocycles. The zero-order valence-electron chi connectivity index (χ0n) is 11.8. The third-order valence-corrected chi connectivity index (χ3v) is 3.38. The van der Waals surface area contributed by atoms with Crippen LogP contribution in [0.5, 0.6) is 0 Å². The molecule has 6 heteroatoms.